The summed E-state index contributed by atoms with van der Waals surface area (Å²) < 4.78 is 11.0. The van der Waals surface area contributed by atoms with Crippen molar-refractivity contribution in [3.05, 3.63) is 83.8 Å². The summed E-state index contributed by atoms with van der Waals surface area (Å²) in [6, 6.07) is 13.8. The summed E-state index contributed by atoms with van der Waals surface area (Å²) in [4.78, 5) is 40.8. The molecule has 0 bridgehead atoms. The number of nitrogens with zero attached hydrogens (tertiary/aromatic N) is 1. The Morgan fingerprint density at radius 3 is 2.62 bits per heavy atom. The number of hydrogen-bond acceptors (Lipinski definition) is 6. The average molecular weight is 460 g/mol. The molecule has 5 rings (SSSR count). The van der Waals surface area contributed by atoms with E-state index in [2.05, 4.69) is 10.6 Å². The van der Waals surface area contributed by atoms with Gasteiger partial charge in [0.05, 0.1) is 30.4 Å². The Morgan fingerprint density at radius 1 is 1.00 bits per heavy atom. The van der Waals surface area contributed by atoms with Crippen LogP contribution >= 0.6 is 0 Å². The molecule has 0 fully saturated rings. The minimum atomic E-state index is -0.701. The van der Waals surface area contributed by atoms with Crippen molar-refractivity contribution in [3.8, 4) is 0 Å². The van der Waals surface area contributed by atoms with Gasteiger partial charge in [-0.05, 0) is 49.2 Å². The fraction of sp³-hybridized carbons (Fsp3) is 0.269. The summed E-state index contributed by atoms with van der Waals surface area (Å²) in [6.45, 7) is 0.260. The van der Waals surface area contributed by atoms with E-state index in [0.29, 0.717) is 35.6 Å². The number of carbonyl (C=O) groups excluding carboxylic acids is 3. The lowest BCUT2D eigenvalue weighted by Gasteiger charge is -2.32. The standard InChI is InChI=1S/C26H25N3O5/c30-21-10-3-8-19-25(21)26(22-11-5-15-34-22)29(20-9-2-1-7-18(20)28-19)24(32)13-12-23(31)27-16-17-6-4-14-33-17/h1-2,4-7,9,11,14-15,26,28H,3,8,10,12-13,16H2,(H,27,31). The third-order valence-corrected chi connectivity index (χ3v) is 6.12. The van der Waals surface area contributed by atoms with Crippen molar-refractivity contribution in [2.75, 3.05) is 10.2 Å². The van der Waals surface area contributed by atoms with Crippen molar-refractivity contribution in [2.24, 2.45) is 0 Å². The summed E-state index contributed by atoms with van der Waals surface area (Å²) in [5, 5.41) is 6.17. The van der Waals surface area contributed by atoms with Gasteiger partial charge in [0.15, 0.2) is 5.78 Å². The predicted molar refractivity (Wildman–Crippen MR) is 125 cm³/mol. The van der Waals surface area contributed by atoms with Crippen molar-refractivity contribution in [2.45, 2.75) is 44.7 Å². The van der Waals surface area contributed by atoms with E-state index in [0.717, 1.165) is 17.8 Å². The van der Waals surface area contributed by atoms with Gasteiger partial charge in [0.25, 0.3) is 0 Å². The molecule has 3 aromatic rings. The van der Waals surface area contributed by atoms with Crippen LogP contribution in [0, 0.1) is 0 Å². The molecule has 2 aliphatic rings. The Kier molecular flexibility index (Phi) is 6.03. The second-order valence-electron chi connectivity index (χ2n) is 8.35. The number of anilines is 2. The number of amides is 2. The number of hydrogen-bond donors (Lipinski definition) is 2. The predicted octanol–water partition coefficient (Wildman–Crippen LogP) is 4.48. The first-order valence-electron chi connectivity index (χ1n) is 11.4. The zero-order valence-electron chi connectivity index (χ0n) is 18.6. The van der Waals surface area contributed by atoms with Gasteiger partial charge in [-0.1, -0.05) is 12.1 Å². The first-order chi connectivity index (χ1) is 16.6. The van der Waals surface area contributed by atoms with Gasteiger partial charge in [0.2, 0.25) is 11.8 Å². The summed E-state index contributed by atoms with van der Waals surface area (Å²) in [7, 11) is 0. The summed E-state index contributed by atoms with van der Waals surface area (Å²) >= 11 is 0. The average Bonchev–Trinajstić information content (AvgIpc) is 3.53. The highest BCUT2D eigenvalue weighted by Gasteiger charge is 2.40. The second kappa shape index (κ2) is 9.43. The summed E-state index contributed by atoms with van der Waals surface area (Å²) in [6.07, 6.45) is 4.96. The molecule has 3 heterocycles. The van der Waals surface area contributed by atoms with Gasteiger partial charge in [-0.25, -0.2) is 0 Å². The Morgan fingerprint density at radius 2 is 1.82 bits per heavy atom. The number of Topliss-reactive ketones (excluding diaryl/α,β-unsaturated/α-hetero) is 1. The normalized spacial score (nSPS) is 17.5. The number of nitrogens with one attached hydrogen (secondary N) is 2. The maximum atomic E-state index is 13.7. The van der Waals surface area contributed by atoms with Gasteiger partial charge in [0, 0.05) is 30.5 Å². The third kappa shape index (κ3) is 4.26. The second-order valence-corrected chi connectivity index (χ2v) is 8.35. The van der Waals surface area contributed by atoms with Crippen LogP contribution in [0.1, 0.15) is 49.7 Å². The van der Waals surface area contributed by atoms with Gasteiger partial charge in [0.1, 0.15) is 17.6 Å². The van der Waals surface area contributed by atoms with Gasteiger partial charge in [-0.3, -0.25) is 19.3 Å². The minimum absolute atomic E-state index is 0.00283. The quantitative estimate of drug-likeness (QED) is 0.563. The van der Waals surface area contributed by atoms with Crippen LogP contribution in [0.5, 0.6) is 0 Å². The molecule has 8 heteroatoms. The minimum Gasteiger partial charge on any atom is -0.467 e. The topological polar surface area (TPSA) is 105 Å². The van der Waals surface area contributed by atoms with E-state index >= 15 is 0 Å². The van der Waals surface area contributed by atoms with Crippen LogP contribution in [0.4, 0.5) is 11.4 Å². The van der Waals surface area contributed by atoms with Crippen molar-refractivity contribution in [1.82, 2.24) is 5.32 Å². The van der Waals surface area contributed by atoms with E-state index in [1.54, 1.807) is 35.4 Å². The number of carbonyl (C=O) groups is 3. The molecular formula is C26H25N3O5. The van der Waals surface area contributed by atoms with Crippen molar-refractivity contribution >= 4 is 29.0 Å². The molecule has 1 aromatic carbocycles. The lowest BCUT2D eigenvalue weighted by molar-refractivity contribution is -0.125. The Labute approximate surface area is 196 Å². The van der Waals surface area contributed by atoms with Gasteiger partial charge < -0.3 is 19.5 Å². The molecule has 34 heavy (non-hydrogen) atoms. The van der Waals surface area contributed by atoms with Gasteiger partial charge in [-0.2, -0.15) is 0 Å². The zero-order valence-corrected chi connectivity index (χ0v) is 18.6. The highest BCUT2D eigenvalue weighted by atomic mass is 16.3. The molecule has 8 nitrogen and oxygen atoms in total. The highest BCUT2D eigenvalue weighted by molar-refractivity contribution is 6.06. The number of ketones is 1. The van der Waals surface area contributed by atoms with Crippen LogP contribution in [0.25, 0.3) is 0 Å². The Hall–Kier alpha value is -4.07. The first-order valence-corrected chi connectivity index (χ1v) is 11.4. The largest absolute Gasteiger partial charge is 0.467 e. The molecule has 0 saturated carbocycles. The third-order valence-electron chi connectivity index (χ3n) is 6.12. The van der Waals surface area contributed by atoms with Crippen LogP contribution in [0.2, 0.25) is 0 Å². The zero-order chi connectivity index (χ0) is 23.5. The molecule has 0 spiro atoms. The summed E-state index contributed by atoms with van der Waals surface area (Å²) in [5.74, 6) is 0.624. The van der Waals surface area contributed by atoms with Crippen molar-refractivity contribution in [1.29, 1.82) is 0 Å². The molecule has 0 radical (unpaired) electrons. The van der Waals surface area contributed by atoms with Gasteiger partial charge >= 0.3 is 0 Å². The van der Waals surface area contributed by atoms with Gasteiger partial charge in [-0.15, -0.1) is 0 Å². The van der Waals surface area contributed by atoms with Crippen molar-refractivity contribution < 1.29 is 23.2 Å². The monoisotopic (exact) mass is 459 g/mol. The molecule has 174 valence electrons. The first kappa shape index (κ1) is 21.8. The van der Waals surface area contributed by atoms with Crippen LogP contribution in [0.15, 0.2) is 81.2 Å². The Balaban J connectivity index is 1.45. The van der Waals surface area contributed by atoms with Crippen LogP contribution < -0.4 is 15.5 Å². The maximum Gasteiger partial charge on any atom is 0.228 e. The maximum absolute atomic E-state index is 13.7. The smallest absolute Gasteiger partial charge is 0.228 e. The highest BCUT2D eigenvalue weighted by Crippen LogP contribution is 2.45. The molecule has 1 aliphatic heterocycles. The molecule has 2 amide bonds. The van der Waals surface area contributed by atoms with E-state index in [1.807, 2.05) is 24.3 Å². The van der Waals surface area contributed by atoms with E-state index in [9.17, 15) is 14.4 Å². The molecule has 0 saturated heterocycles. The lowest BCUT2D eigenvalue weighted by Crippen LogP contribution is -2.38. The molecule has 2 N–H and O–H groups in total. The SMILES string of the molecule is O=C(CCC(=O)N1c2ccccc2NC2=C(C(=O)CCC2)C1c1ccco1)NCc1ccco1. The van der Waals surface area contributed by atoms with E-state index in [1.165, 1.54) is 6.26 Å². The molecule has 2 aromatic heterocycles. The van der Waals surface area contributed by atoms with Crippen LogP contribution in [-0.2, 0) is 20.9 Å². The molecular weight excluding hydrogens is 434 g/mol. The van der Waals surface area contributed by atoms with Crippen molar-refractivity contribution in [3.63, 3.8) is 0 Å². The van der Waals surface area contributed by atoms with E-state index in [-0.39, 0.29) is 37.0 Å². The van der Waals surface area contributed by atoms with E-state index in [4.69, 9.17) is 8.83 Å². The fourth-order valence-corrected chi connectivity index (χ4v) is 4.55. The molecule has 1 unspecified atom stereocenters. The number of para-hydroxylation sites is 2. The molecule has 1 atom stereocenters. The Bertz CT molecular complexity index is 1230. The number of furan rings is 2. The fourth-order valence-electron chi connectivity index (χ4n) is 4.55. The van der Waals surface area contributed by atoms with Crippen LogP contribution in [0.3, 0.4) is 0 Å². The number of benzene rings is 1. The number of allylic oxidation sites excluding steroid dienone is 1. The van der Waals surface area contributed by atoms with Crippen LogP contribution in [-0.4, -0.2) is 17.6 Å². The number of fused-ring (bicyclic) bond motifs is 1. The summed E-state index contributed by atoms with van der Waals surface area (Å²) in [5.41, 5.74) is 2.76. The lowest BCUT2D eigenvalue weighted by atomic mass is 9.88. The molecule has 1 aliphatic carbocycles. The van der Waals surface area contributed by atoms with E-state index < -0.39 is 6.04 Å². The number of rotatable bonds is 6.